The smallest absolute Gasteiger partial charge is 0.123 e. The summed E-state index contributed by atoms with van der Waals surface area (Å²) in [5, 5.41) is 4.15. The van der Waals surface area contributed by atoms with E-state index in [2.05, 4.69) is 11.2 Å². The number of hydrogen-bond acceptors (Lipinski definition) is 3. The first-order valence-corrected chi connectivity index (χ1v) is 6.72. The predicted molar refractivity (Wildman–Crippen MR) is 73.8 cm³/mol. The minimum absolute atomic E-state index is 0.158. The second-order valence-corrected chi connectivity index (χ2v) is 5.13. The molecule has 100 valence electrons. The summed E-state index contributed by atoms with van der Waals surface area (Å²) in [5.74, 6) is 0.969. The standard InChI is InChI=1S/C15H19N3O/c1-18-9-11(8-17-18)10-19-15-7-3-4-12-13(15)5-2-6-14(12)16/h3-4,7-9,14H,2,5-6,10,16H2,1H3. The number of benzene rings is 1. The van der Waals surface area contributed by atoms with Gasteiger partial charge in [0.05, 0.1) is 6.20 Å². The number of ether oxygens (including phenoxy) is 1. The SMILES string of the molecule is Cn1cc(COc2cccc3c2CCCC3N)cn1. The van der Waals surface area contributed by atoms with Gasteiger partial charge in [0, 0.05) is 24.8 Å². The van der Waals surface area contributed by atoms with Crippen molar-refractivity contribution < 1.29 is 4.74 Å². The van der Waals surface area contributed by atoms with Gasteiger partial charge in [0.2, 0.25) is 0 Å². The topological polar surface area (TPSA) is 53.1 Å². The van der Waals surface area contributed by atoms with Crippen molar-refractivity contribution in [3.63, 3.8) is 0 Å². The van der Waals surface area contributed by atoms with Gasteiger partial charge < -0.3 is 10.5 Å². The van der Waals surface area contributed by atoms with E-state index in [1.165, 1.54) is 11.1 Å². The van der Waals surface area contributed by atoms with Gasteiger partial charge in [0.15, 0.2) is 0 Å². The number of nitrogens with zero attached hydrogens (tertiary/aromatic N) is 2. The Hall–Kier alpha value is -1.81. The van der Waals surface area contributed by atoms with Crippen LogP contribution in [0, 0.1) is 0 Å². The van der Waals surface area contributed by atoms with E-state index in [0.29, 0.717) is 6.61 Å². The maximum atomic E-state index is 6.16. The maximum Gasteiger partial charge on any atom is 0.123 e. The van der Waals surface area contributed by atoms with E-state index in [1.54, 1.807) is 4.68 Å². The van der Waals surface area contributed by atoms with Crippen molar-refractivity contribution in [2.45, 2.75) is 31.9 Å². The van der Waals surface area contributed by atoms with Crippen molar-refractivity contribution in [2.24, 2.45) is 12.8 Å². The molecule has 4 nitrogen and oxygen atoms in total. The molecule has 3 rings (SSSR count). The molecule has 2 aromatic rings. The monoisotopic (exact) mass is 257 g/mol. The van der Waals surface area contributed by atoms with E-state index in [9.17, 15) is 0 Å². The normalized spacial score (nSPS) is 18.1. The van der Waals surface area contributed by atoms with Gasteiger partial charge in [-0.3, -0.25) is 4.68 Å². The lowest BCUT2D eigenvalue weighted by Crippen LogP contribution is -2.18. The number of nitrogens with two attached hydrogens (primary N) is 1. The Kier molecular flexibility index (Phi) is 3.25. The van der Waals surface area contributed by atoms with Crippen LogP contribution in [-0.4, -0.2) is 9.78 Å². The van der Waals surface area contributed by atoms with Gasteiger partial charge in [0.25, 0.3) is 0 Å². The van der Waals surface area contributed by atoms with E-state index in [1.807, 2.05) is 31.6 Å². The van der Waals surface area contributed by atoms with E-state index >= 15 is 0 Å². The molecule has 1 unspecified atom stereocenters. The summed E-state index contributed by atoms with van der Waals surface area (Å²) in [6.45, 7) is 0.555. The van der Waals surface area contributed by atoms with Crippen LogP contribution in [0.3, 0.4) is 0 Å². The van der Waals surface area contributed by atoms with E-state index in [-0.39, 0.29) is 6.04 Å². The summed E-state index contributed by atoms with van der Waals surface area (Å²) < 4.78 is 7.73. The number of aryl methyl sites for hydroxylation is 1. The van der Waals surface area contributed by atoms with Gasteiger partial charge in [-0.1, -0.05) is 12.1 Å². The Bertz CT molecular complexity index is 577. The van der Waals surface area contributed by atoms with Crippen molar-refractivity contribution in [3.05, 3.63) is 47.3 Å². The predicted octanol–water partition coefficient (Wildman–Crippen LogP) is 2.34. The van der Waals surface area contributed by atoms with Crippen molar-refractivity contribution >= 4 is 0 Å². The lowest BCUT2D eigenvalue weighted by molar-refractivity contribution is 0.300. The average Bonchev–Trinajstić information content (AvgIpc) is 2.83. The maximum absolute atomic E-state index is 6.16. The lowest BCUT2D eigenvalue weighted by Gasteiger charge is -2.24. The molecule has 0 aliphatic heterocycles. The molecule has 1 aromatic heterocycles. The molecule has 1 aliphatic carbocycles. The van der Waals surface area contributed by atoms with Crippen LogP contribution in [0.15, 0.2) is 30.6 Å². The molecule has 0 saturated carbocycles. The molecule has 0 radical (unpaired) electrons. The third-order valence-electron chi connectivity index (χ3n) is 3.66. The average molecular weight is 257 g/mol. The Balaban J connectivity index is 1.79. The van der Waals surface area contributed by atoms with Gasteiger partial charge >= 0.3 is 0 Å². The quantitative estimate of drug-likeness (QED) is 0.918. The van der Waals surface area contributed by atoms with Crippen LogP contribution in [-0.2, 0) is 20.1 Å². The van der Waals surface area contributed by atoms with Crippen molar-refractivity contribution in [1.29, 1.82) is 0 Å². The molecule has 19 heavy (non-hydrogen) atoms. The highest BCUT2D eigenvalue weighted by Crippen LogP contribution is 2.34. The molecule has 0 amide bonds. The van der Waals surface area contributed by atoms with E-state index in [4.69, 9.17) is 10.5 Å². The highest BCUT2D eigenvalue weighted by Gasteiger charge is 2.19. The molecule has 1 aliphatic rings. The second kappa shape index (κ2) is 5.05. The summed E-state index contributed by atoms with van der Waals surface area (Å²) in [6, 6.07) is 6.34. The van der Waals surface area contributed by atoms with Crippen molar-refractivity contribution in [2.75, 3.05) is 0 Å². The molecule has 1 heterocycles. The molecule has 0 fully saturated rings. The van der Waals surface area contributed by atoms with Gasteiger partial charge in [-0.15, -0.1) is 0 Å². The fourth-order valence-corrected chi connectivity index (χ4v) is 2.69. The fraction of sp³-hybridized carbons (Fsp3) is 0.400. The lowest BCUT2D eigenvalue weighted by atomic mass is 9.87. The Morgan fingerprint density at radius 1 is 1.47 bits per heavy atom. The van der Waals surface area contributed by atoms with Crippen molar-refractivity contribution in [1.82, 2.24) is 9.78 Å². The minimum atomic E-state index is 0.158. The Morgan fingerprint density at radius 3 is 3.16 bits per heavy atom. The van der Waals surface area contributed by atoms with Gasteiger partial charge in [0.1, 0.15) is 12.4 Å². The van der Waals surface area contributed by atoms with Crippen LogP contribution in [0.5, 0.6) is 5.75 Å². The summed E-state index contributed by atoms with van der Waals surface area (Å²) in [4.78, 5) is 0. The van der Waals surface area contributed by atoms with Crippen LogP contribution in [0.1, 0.15) is 35.6 Å². The molecule has 2 N–H and O–H groups in total. The summed E-state index contributed by atoms with van der Waals surface area (Å²) >= 11 is 0. The number of aromatic nitrogens is 2. The van der Waals surface area contributed by atoms with Gasteiger partial charge in [-0.25, -0.2) is 0 Å². The van der Waals surface area contributed by atoms with Crippen molar-refractivity contribution in [3.8, 4) is 5.75 Å². The zero-order valence-electron chi connectivity index (χ0n) is 11.2. The molecular weight excluding hydrogens is 238 g/mol. The molecule has 4 heteroatoms. The molecule has 0 bridgehead atoms. The number of rotatable bonds is 3. The molecule has 0 spiro atoms. The highest BCUT2D eigenvalue weighted by atomic mass is 16.5. The van der Waals surface area contributed by atoms with Gasteiger partial charge in [-0.05, 0) is 36.5 Å². The number of hydrogen-bond donors (Lipinski definition) is 1. The number of fused-ring (bicyclic) bond motifs is 1. The first-order valence-electron chi connectivity index (χ1n) is 6.72. The molecule has 1 atom stereocenters. The fourth-order valence-electron chi connectivity index (χ4n) is 2.69. The van der Waals surface area contributed by atoms with E-state index in [0.717, 1.165) is 30.6 Å². The third-order valence-corrected chi connectivity index (χ3v) is 3.66. The molecule has 1 aromatic carbocycles. The summed E-state index contributed by atoms with van der Waals surface area (Å²) in [6.07, 6.45) is 7.08. The summed E-state index contributed by atoms with van der Waals surface area (Å²) in [5.41, 5.74) is 9.77. The molecular formula is C15H19N3O. The zero-order valence-corrected chi connectivity index (χ0v) is 11.2. The minimum Gasteiger partial charge on any atom is -0.488 e. The van der Waals surface area contributed by atoms with E-state index < -0.39 is 0 Å². The second-order valence-electron chi connectivity index (χ2n) is 5.13. The van der Waals surface area contributed by atoms with Crippen LogP contribution in [0.2, 0.25) is 0 Å². The summed E-state index contributed by atoms with van der Waals surface area (Å²) in [7, 11) is 1.91. The Morgan fingerprint density at radius 2 is 2.37 bits per heavy atom. The largest absolute Gasteiger partial charge is 0.488 e. The molecule has 0 saturated heterocycles. The first-order chi connectivity index (χ1) is 9.24. The van der Waals surface area contributed by atoms with Crippen LogP contribution in [0.25, 0.3) is 0 Å². The highest BCUT2D eigenvalue weighted by molar-refractivity contribution is 5.43. The first kappa shape index (κ1) is 12.2. The van der Waals surface area contributed by atoms with Gasteiger partial charge in [-0.2, -0.15) is 5.10 Å². The van der Waals surface area contributed by atoms with Crippen LogP contribution in [0.4, 0.5) is 0 Å². The zero-order chi connectivity index (χ0) is 13.2. The Labute approximate surface area is 113 Å². The third kappa shape index (κ3) is 2.49. The van der Waals surface area contributed by atoms with Crippen LogP contribution < -0.4 is 10.5 Å². The van der Waals surface area contributed by atoms with Crippen LogP contribution >= 0.6 is 0 Å².